The first-order valence-corrected chi connectivity index (χ1v) is 11.6. The minimum Gasteiger partial charge on any atom is -0.449 e. The summed E-state index contributed by atoms with van der Waals surface area (Å²) in [7, 11) is 0. The molecule has 0 saturated carbocycles. The van der Waals surface area contributed by atoms with E-state index >= 15 is 0 Å². The van der Waals surface area contributed by atoms with Gasteiger partial charge in [-0.1, -0.05) is 18.2 Å². The lowest BCUT2D eigenvalue weighted by Crippen LogP contribution is -2.34. The molecule has 1 aliphatic heterocycles. The van der Waals surface area contributed by atoms with Gasteiger partial charge in [0.15, 0.2) is 5.06 Å². The van der Waals surface area contributed by atoms with Gasteiger partial charge in [0, 0.05) is 23.9 Å². The molecule has 1 aromatic carbocycles. The Kier molecular flexibility index (Phi) is 8.36. The lowest BCUT2D eigenvalue weighted by molar-refractivity contribution is -0.137. The first kappa shape index (κ1) is 25.0. The van der Waals surface area contributed by atoms with Crippen LogP contribution in [0.25, 0.3) is 0 Å². The van der Waals surface area contributed by atoms with Gasteiger partial charge < -0.3 is 19.8 Å². The van der Waals surface area contributed by atoms with Crippen LogP contribution in [0.1, 0.15) is 48.1 Å². The highest BCUT2D eigenvalue weighted by Crippen LogP contribution is 2.30. The molecule has 1 aromatic heterocycles. The zero-order chi connectivity index (χ0) is 24.0. The Morgan fingerprint density at radius 3 is 2.79 bits per heavy atom. The number of carbonyl (C=O) groups excluding carboxylic acids is 1. The molecule has 3 rings (SSSR count). The van der Waals surface area contributed by atoms with Crippen molar-refractivity contribution in [3.63, 3.8) is 0 Å². The Morgan fingerprint density at radius 1 is 1.27 bits per heavy atom. The van der Waals surface area contributed by atoms with Crippen molar-refractivity contribution in [3.05, 3.63) is 52.4 Å². The number of thiophene rings is 1. The van der Waals surface area contributed by atoms with Gasteiger partial charge in [0.2, 0.25) is 5.91 Å². The van der Waals surface area contributed by atoms with Crippen molar-refractivity contribution in [2.45, 2.75) is 63.3 Å². The second kappa shape index (κ2) is 11.0. The number of alkyl halides is 3. The lowest BCUT2D eigenvalue weighted by atomic mass is 9.99. The molecule has 10 heteroatoms. The van der Waals surface area contributed by atoms with Crippen molar-refractivity contribution in [3.8, 4) is 5.06 Å². The van der Waals surface area contributed by atoms with E-state index in [4.69, 9.17) is 5.11 Å². The minimum absolute atomic E-state index is 0.00269. The van der Waals surface area contributed by atoms with E-state index in [-0.39, 0.29) is 18.4 Å². The van der Waals surface area contributed by atoms with E-state index < -0.39 is 24.0 Å². The molecule has 180 valence electrons. The number of carbonyl (C=O) groups is 2. The predicted octanol–water partition coefficient (Wildman–Crippen LogP) is 5.13. The standard InChI is InChI=1S/C23H26F3NO5S/c24-23(25,26)16-4-1-3-15(13-16)14-18(28)8-6-17-7-10-20(29)27(17)12-2-5-19-9-11-21(33-19)32-22(30)31/h1,3-4,9,11,13,17-18,28H,2,5-8,10,12,14H2,(H,30,31)/t17-,18+/m0/s1. The number of amides is 1. The van der Waals surface area contributed by atoms with Gasteiger partial charge >= 0.3 is 12.3 Å². The fraction of sp³-hybridized carbons (Fsp3) is 0.478. The monoisotopic (exact) mass is 485 g/mol. The second-order valence-electron chi connectivity index (χ2n) is 8.11. The molecule has 2 N–H and O–H groups in total. The number of hydrogen-bond donors (Lipinski definition) is 2. The van der Waals surface area contributed by atoms with Gasteiger partial charge in [-0.2, -0.15) is 13.2 Å². The van der Waals surface area contributed by atoms with Gasteiger partial charge in [-0.3, -0.25) is 4.79 Å². The molecule has 0 aliphatic carbocycles. The first-order chi connectivity index (χ1) is 15.6. The third-order valence-corrected chi connectivity index (χ3v) is 6.68. The average molecular weight is 486 g/mol. The molecule has 0 radical (unpaired) electrons. The maximum atomic E-state index is 12.9. The molecule has 1 fully saturated rings. The van der Waals surface area contributed by atoms with Crippen LogP contribution in [-0.2, 0) is 23.8 Å². The summed E-state index contributed by atoms with van der Waals surface area (Å²) in [5.74, 6) is 0.0634. The molecule has 1 saturated heterocycles. The van der Waals surface area contributed by atoms with Crippen molar-refractivity contribution in [2.24, 2.45) is 0 Å². The zero-order valence-corrected chi connectivity index (χ0v) is 18.7. The van der Waals surface area contributed by atoms with Gasteiger partial charge in [-0.15, -0.1) is 11.3 Å². The maximum Gasteiger partial charge on any atom is 0.512 e. The third-order valence-electron chi connectivity index (χ3n) is 5.66. The van der Waals surface area contributed by atoms with Crippen LogP contribution in [0.4, 0.5) is 18.0 Å². The van der Waals surface area contributed by atoms with Crippen LogP contribution in [0, 0.1) is 0 Å². The summed E-state index contributed by atoms with van der Waals surface area (Å²) in [6.07, 6.45) is -2.91. The topological polar surface area (TPSA) is 87.1 Å². The summed E-state index contributed by atoms with van der Waals surface area (Å²) in [6.45, 7) is 0.556. The van der Waals surface area contributed by atoms with Crippen molar-refractivity contribution < 1.29 is 37.7 Å². The first-order valence-electron chi connectivity index (χ1n) is 10.7. The molecule has 0 spiro atoms. The van der Waals surface area contributed by atoms with Gasteiger partial charge in [0.05, 0.1) is 11.7 Å². The summed E-state index contributed by atoms with van der Waals surface area (Å²) >= 11 is 1.25. The predicted molar refractivity (Wildman–Crippen MR) is 116 cm³/mol. The van der Waals surface area contributed by atoms with E-state index in [9.17, 15) is 27.9 Å². The van der Waals surface area contributed by atoms with Crippen LogP contribution >= 0.6 is 11.3 Å². The number of aliphatic hydroxyl groups excluding tert-OH is 1. The molecule has 0 bridgehead atoms. The normalized spacial score (nSPS) is 17.4. The number of aliphatic hydroxyl groups is 1. The van der Waals surface area contributed by atoms with Crippen LogP contribution in [0.3, 0.4) is 0 Å². The van der Waals surface area contributed by atoms with Gasteiger partial charge in [-0.05, 0) is 62.3 Å². The minimum atomic E-state index is -4.42. The fourth-order valence-electron chi connectivity index (χ4n) is 4.09. The van der Waals surface area contributed by atoms with Crippen LogP contribution in [0.2, 0.25) is 0 Å². The summed E-state index contributed by atoms with van der Waals surface area (Å²) in [6, 6.07) is 8.39. The van der Waals surface area contributed by atoms with Crippen molar-refractivity contribution in [1.82, 2.24) is 4.90 Å². The molecule has 2 aromatic rings. The Bertz CT molecular complexity index is 962. The number of rotatable bonds is 10. The van der Waals surface area contributed by atoms with E-state index in [2.05, 4.69) is 4.74 Å². The summed E-state index contributed by atoms with van der Waals surface area (Å²) in [5, 5.41) is 19.3. The van der Waals surface area contributed by atoms with E-state index in [0.717, 1.165) is 17.0 Å². The molecule has 1 aliphatic rings. The molecule has 6 nitrogen and oxygen atoms in total. The van der Waals surface area contributed by atoms with Gasteiger partial charge in [0.25, 0.3) is 0 Å². The molecule has 2 atom stereocenters. The Labute approximate surface area is 193 Å². The quantitative estimate of drug-likeness (QED) is 0.456. The highest BCUT2D eigenvalue weighted by atomic mass is 32.1. The third kappa shape index (κ3) is 7.46. The van der Waals surface area contributed by atoms with E-state index in [0.29, 0.717) is 55.7 Å². The zero-order valence-electron chi connectivity index (χ0n) is 17.9. The summed E-state index contributed by atoms with van der Waals surface area (Å²) in [4.78, 5) is 25.7. The van der Waals surface area contributed by atoms with Crippen molar-refractivity contribution >= 4 is 23.4 Å². The summed E-state index contributed by atoms with van der Waals surface area (Å²) in [5.41, 5.74) is -0.300. The number of aryl methyl sites for hydroxylation is 1. The van der Waals surface area contributed by atoms with E-state index in [1.807, 2.05) is 4.90 Å². The Morgan fingerprint density at radius 2 is 2.06 bits per heavy atom. The molecule has 0 unspecified atom stereocenters. The van der Waals surface area contributed by atoms with Crippen LogP contribution < -0.4 is 4.74 Å². The summed E-state index contributed by atoms with van der Waals surface area (Å²) < 4.78 is 43.2. The van der Waals surface area contributed by atoms with E-state index in [1.165, 1.54) is 17.4 Å². The number of ether oxygens (including phenoxy) is 1. The maximum absolute atomic E-state index is 12.9. The van der Waals surface area contributed by atoms with Crippen molar-refractivity contribution in [1.29, 1.82) is 0 Å². The lowest BCUT2D eigenvalue weighted by Gasteiger charge is -2.25. The molecule has 2 heterocycles. The smallest absolute Gasteiger partial charge is 0.449 e. The number of halogens is 3. The molecule has 1 amide bonds. The Hall–Kier alpha value is -2.59. The fourth-order valence-corrected chi connectivity index (χ4v) is 4.98. The molecular formula is C23H26F3NO5S. The Balaban J connectivity index is 1.45. The number of hydrogen-bond acceptors (Lipinski definition) is 5. The van der Waals surface area contributed by atoms with E-state index in [1.54, 1.807) is 18.2 Å². The SMILES string of the molecule is O=C(O)Oc1ccc(CCCN2C(=O)CC[C@@H]2CC[C@@H](O)Cc2cccc(C(F)(F)F)c2)s1. The van der Waals surface area contributed by atoms with Crippen molar-refractivity contribution in [2.75, 3.05) is 6.54 Å². The van der Waals surface area contributed by atoms with Gasteiger partial charge in [-0.25, -0.2) is 4.79 Å². The largest absolute Gasteiger partial charge is 0.512 e. The highest BCUT2D eigenvalue weighted by Gasteiger charge is 2.32. The number of likely N-dealkylation sites (tertiary alicyclic amines) is 1. The second-order valence-corrected chi connectivity index (χ2v) is 9.24. The number of carboxylic acid groups (broad SMARTS) is 1. The van der Waals surface area contributed by atoms with Crippen LogP contribution in [0.5, 0.6) is 5.06 Å². The molecule has 33 heavy (non-hydrogen) atoms. The average Bonchev–Trinajstić information content (AvgIpc) is 3.32. The van der Waals surface area contributed by atoms with Crippen LogP contribution in [-0.4, -0.2) is 45.9 Å². The molecular weight excluding hydrogens is 459 g/mol. The highest BCUT2D eigenvalue weighted by molar-refractivity contribution is 7.13. The van der Waals surface area contributed by atoms with Crippen LogP contribution in [0.15, 0.2) is 36.4 Å². The van der Waals surface area contributed by atoms with Gasteiger partial charge in [0.1, 0.15) is 0 Å². The number of nitrogens with zero attached hydrogens (tertiary/aromatic N) is 1. The number of benzene rings is 1.